The van der Waals surface area contributed by atoms with Crippen molar-refractivity contribution in [3.63, 3.8) is 0 Å². The van der Waals surface area contributed by atoms with Crippen LogP contribution in [0.25, 0.3) is 22.3 Å². The number of benzene rings is 1. The molecule has 1 unspecified atom stereocenters. The zero-order chi connectivity index (χ0) is 31.2. The standard InChI is InChI=1S/C33H40F3N7O2/c1-22(18-41-11-2-12-41)31(44)43-19-32(20-43)9-7-24(8-10-32)28(33(34,35)36)39-25-5-3-23(4-6-25)27-17-26-29(40-27)37-21-38-30(26)42-13-15-45-16-14-42/h3-6,17,21,24,28,39H,1-2,7-16,18-20H2,(H,37,38,40). The predicted molar refractivity (Wildman–Crippen MR) is 167 cm³/mol. The van der Waals surface area contributed by atoms with Crippen LogP contribution in [-0.2, 0) is 9.53 Å². The van der Waals surface area contributed by atoms with Crippen molar-refractivity contribution in [2.45, 2.75) is 44.3 Å². The molecule has 7 rings (SSSR count). The molecule has 4 fully saturated rings. The molecule has 45 heavy (non-hydrogen) atoms. The van der Waals surface area contributed by atoms with Crippen LogP contribution in [0, 0.1) is 11.3 Å². The molecule has 1 aliphatic carbocycles. The summed E-state index contributed by atoms with van der Waals surface area (Å²) in [5.74, 6) is 0.318. The van der Waals surface area contributed by atoms with Crippen molar-refractivity contribution in [3.8, 4) is 11.3 Å². The molecule has 5 heterocycles. The zero-order valence-corrected chi connectivity index (χ0v) is 25.4. The monoisotopic (exact) mass is 623 g/mol. The van der Waals surface area contributed by atoms with Crippen LogP contribution in [0.5, 0.6) is 0 Å². The normalized spacial score (nSPS) is 21.4. The third kappa shape index (κ3) is 6.14. The molecule has 1 saturated carbocycles. The van der Waals surface area contributed by atoms with E-state index in [1.165, 1.54) is 6.33 Å². The second-order valence-corrected chi connectivity index (χ2v) is 13.2. The molecule has 2 aromatic heterocycles. The number of ether oxygens (including phenoxy) is 1. The lowest BCUT2D eigenvalue weighted by atomic mass is 9.64. The Labute approximate surface area is 260 Å². The highest BCUT2D eigenvalue weighted by Crippen LogP contribution is 2.48. The van der Waals surface area contributed by atoms with Gasteiger partial charge in [0.1, 0.15) is 23.8 Å². The summed E-state index contributed by atoms with van der Waals surface area (Å²) < 4.78 is 48.6. The predicted octanol–water partition coefficient (Wildman–Crippen LogP) is 5.09. The molecule has 3 aliphatic heterocycles. The summed E-state index contributed by atoms with van der Waals surface area (Å²) >= 11 is 0. The topological polar surface area (TPSA) is 89.6 Å². The number of carbonyl (C=O) groups is 1. The number of rotatable bonds is 8. The van der Waals surface area contributed by atoms with Gasteiger partial charge in [0.05, 0.1) is 18.6 Å². The summed E-state index contributed by atoms with van der Waals surface area (Å²) in [5, 5.41) is 3.73. The van der Waals surface area contributed by atoms with Gasteiger partial charge in [-0.15, -0.1) is 0 Å². The van der Waals surface area contributed by atoms with E-state index in [0.29, 0.717) is 75.4 Å². The molecule has 4 aliphatic rings. The van der Waals surface area contributed by atoms with Crippen LogP contribution in [-0.4, -0.2) is 102 Å². The average Bonchev–Trinajstić information content (AvgIpc) is 3.45. The van der Waals surface area contributed by atoms with Crippen molar-refractivity contribution in [1.82, 2.24) is 24.8 Å². The van der Waals surface area contributed by atoms with Crippen molar-refractivity contribution in [3.05, 3.63) is 48.8 Å². The second kappa shape index (κ2) is 11.9. The van der Waals surface area contributed by atoms with Gasteiger partial charge in [0.15, 0.2) is 0 Å². The number of morpholine rings is 1. The Kier molecular flexibility index (Phi) is 7.97. The first-order chi connectivity index (χ1) is 21.7. The number of anilines is 2. The number of aromatic amines is 1. The van der Waals surface area contributed by atoms with Gasteiger partial charge in [-0.3, -0.25) is 9.69 Å². The lowest BCUT2D eigenvalue weighted by Gasteiger charge is -2.54. The third-order valence-electron chi connectivity index (χ3n) is 10.2. The Morgan fingerprint density at radius 2 is 1.80 bits per heavy atom. The molecular weight excluding hydrogens is 583 g/mol. The molecule has 3 aromatic rings. The summed E-state index contributed by atoms with van der Waals surface area (Å²) in [7, 11) is 0. The van der Waals surface area contributed by atoms with E-state index in [9.17, 15) is 18.0 Å². The largest absolute Gasteiger partial charge is 0.408 e. The lowest BCUT2D eigenvalue weighted by molar-refractivity contribution is -0.162. The second-order valence-electron chi connectivity index (χ2n) is 13.2. The number of hydrogen-bond donors (Lipinski definition) is 2. The third-order valence-corrected chi connectivity index (χ3v) is 10.2. The number of likely N-dealkylation sites (tertiary alicyclic amines) is 2. The Morgan fingerprint density at radius 3 is 2.44 bits per heavy atom. The number of nitrogens with one attached hydrogen (secondary N) is 2. The maximum Gasteiger partial charge on any atom is 0.408 e. The van der Waals surface area contributed by atoms with Crippen molar-refractivity contribution in [2.24, 2.45) is 11.3 Å². The van der Waals surface area contributed by atoms with Crippen molar-refractivity contribution in [1.29, 1.82) is 0 Å². The van der Waals surface area contributed by atoms with Crippen LogP contribution in [0.4, 0.5) is 24.7 Å². The summed E-state index contributed by atoms with van der Waals surface area (Å²) in [6, 6.07) is 7.44. The van der Waals surface area contributed by atoms with Gasteiger partial charge in [0.2, 0.25) is 0 Å². The van der Waals surface area contributed by atoms with E-state index in [2.05, 4.69) is 36.6 Å². The van der Waals surface area contributed by atoms with Crippen molar-refractivity contribution >= 4 is 28.4 Å². The van der Waals surface area contributed by atoms with E-state index < -0.39 is 18.1 Å². The van der Waals surface area contributed by atoms with E-state index in [1.807, 2.05) is 23.1 Å². The molecule has 1 spiro atoms. The van der Waals surface area contributed by atoms with Gasteiger partial charge in [-0.2, -0.15) is 13.2 Å². The maximum atomic E-state index is 14.4. The quantitative estimate of drug-likeness (QED) is 0.338. The van der Waals surface area contributed by atoms with E-state index in [0.717, 1.165) is 55.1 Å². The molecule has 0 radical (unpaired) electrons. The number of H-pyrrole nitrogens is 1. The smallest absolute Gasteiger partial charge is 0.378 e. The van der Waals surface area contributed by atoms with Gasteiger partial charge in [0.25, 0.3) is 5.91 Å². The number of carbonyl (C=O) groups excluding carboxylic acids is 1. The van der Waals surface area contributed by atoms with Crippen LogP contribution < -0.4 is 10.2 Å². The maximum absolute atomic E-state index is 14.4. The first-order valence-corrected chi connectivity index (χ1v) is 16.0. The number of fused-ring (bicyclic) bond motifs is 1. The molecule has 1 amide bonds. The highest BCUT2D eigenvalue weighted by atomic mass is 19.4. The summed E-state index contributed by atoms with van der Waals surface area (Å²) in [5.41, 5.74) is 3.38. The molecule has 9 nitrogen and oxygen atoms in total. The van der Waals surface area contributed by atoms with E-state index in [4.69, 9.17) is 4.74 Å². The number of amides is 1. The first-order valence-electron chi connectivity index (χ1n) is 16.0. The Bertz CT molecular complexity index is 1530. The summed E-state index contributed by atoms with van der Waals surface area (Å²) in [4.78, 5) is 31.2. The first kappa shape index (κ1) is 30.0. The van der Waals surface area contributed by atoms with E-state index in [1.54, 1.807) is 12.1 Å². The zero-order valence-electron chi connectivity index (χ0n) is 25.4. The van der Waals surface area contributed by atoms with Crippen LogP contribution >= 0.6 is 0 Å². The molecule has 240 valence electrons. The van der Waals surface area contributed by atoms with Crippen LogP contribution in [0.2, 0.25) is 0 Å². The minimum Gasteiger partial charge on any atom is -0.378 e. The number of aromatic nitrogens is 3. The fourth-order valence-corrected chi connectivity index (χ4v) is 7.41. The number of alkyl halides is 3. The van der Waals surface area contributed by atoms with Crippen molar-refractivity contribution < 1.29 is 22.7 Å². The molecule has 2 N–H and O–H groups in total. The number of halogens is 3. The van der Waals surface area contributed by atoms with Gasteiger partial charge < -0.3 is 24.8 Å². The Morgan fingerprint density at radius 1 is 1.09 bits per heavy atom. The average molecular weight is 624 g/mol. The Hall–Kier alpha value is -3.64. The van der Waals surface area contributed by atoms with Crippen LogP contribution in [0.1, 0.15) is 32.1 Å². The molecule has 1 aromatic carbocycles. The summed E-state index contributed by atoms with van der Waals surface area (Å²) in [6.07, 6.45) is 0.674. The minimum atomic E-state index is -4.38. The Balaban J connectivity index is 0.974. The van der Waals surface area contributed by atoms with Gasteiger partial charge in [-0.05, 0) is 74.9 Å². The fourth-order valence-electron chi connectivity index (χ4n) is 7.41. The van der Waals surface area contributed by atoms with Crippen LogP contribution in [0.15, 0.2) is 48.8 Å². The number of hydrogen-bond acceptors (Lipinski definition) is 7. The van der Waals surface area contributed by atoms with Crippen molar-refractivity contribution in [2.75, 3.05) is 69.2 Å². The highest BCUT2D eigenvalue weighted by Gasteiger charge is 2.52. The molecule has 1 atom stereocenters. The summed E-state index contributed by atoms with van der Waals surface area (Å²) in [6.45, 7) is 10.7. The fraction of sp³-hybridized carbons (Fsp3) is 0.545. The van der Waals surface area contributed by atoms with E-state index >= 15 is 0 Å². The van der Waals surface area contributed by atoms with E-state index in [-0.39, 0.29) is 11.3 Å². The van der Waals surface area contributed by atoms with Gasteiger partial charge in [-0.1, -0.05) is 18.7 Å². The number of nitrogens with zero attached hydrogens (tertiary/aromatic N) is 5. The molecule has 12 heteroatoms. The van der Waals surface area contributed by atoms with Crippen LogP contribution in [0.3, 0.4) is 0 Å². The minimum absolute atomic E-state index is 0.00847. The van der Waals surface area contributed by atoms with Gasteiger partial charge in [-0.25, -0.2) is 9.97 Å². The van der Waals surface area contributed by atoms with Gasteiger partial charge >= 0.3 is 6.18 Å². The van der Waals surface area contributed by atoms with Gasteiger partial charge in [0, 0.05) is 55.1 Å². The lowest BCUT2D eigenvalue weighted by Crippen LogP contribution is -2.61. The molecule has 0 bridgehead atoms. The molecule has 3 saturated heterocycles. The highest BCUT2D eigenvalue weighted by molar-refractivity contribution is 5.94. The SMILES string of the molecule is C=C(CN1CCC1)C(=O)N1CC2(CCC(C(Nc3ccc(-c4cc5c(N6CCOCC6)ncnc5[nH]4)cc3)C(F)(F)F)CC2)C1. The molecular formula is C33H40F3N7O2.